The van der Waals surface area contributed by atoms with Crippen LogP contribution in [0.5, 0.6) is 0 Å². The Labute approximate surface area is 203 Å². The molecule has 180 valence electrons. The van der Waals surface area contributed by atoms with Gasteiger partial charge in [-0.3, -0.25) is 14.4 Å². The molecule has 5 rings (SSSR count). The van der Waals surface area contributed by atoms with Crippen LogP contribution >= 0.6 is 0 Å². The Balaban J connectivity index is 1.37. The summed E-state index contributed by atoms with van der Waals surface area (Å²) in [5.41, 5.74) is 4.36. The lowest BCUT2D eigenvalue weighted by Crippen LogP contribution is -2.47. The number of anilines is 1. The quantitative estimate of drug-likeness (QED) is 0.572. The number of nitrogens with zero attached hydrogens (tertiary/aromatic N) is 8. The van der Waals surface area contributed by atoms with Gasteiger partial charge in [-0.2, -0.15) is 10.4 Å². The second-order valence-electron chi connectivity index (χ2n) is 9.06. The van der Waals surface area contributed by atoms with Crippen molar-refractivity contribution in [3.63, 3.8) is 0 Å². The monoisotopic (exact) mass is 474 g/mol. The molecule has 0 bridgehead atoms. The molecule has 0 spiro atoms. The molecule has 0 N–H and O–H groups in total. The number of hydrogen-bond acceptors (Lipinski definition) is 7. The smallest absolute Gasteiger partial charge is 0.219 e. The molecule has 0 radical (unpaired) electrons. The second-order valence-corrected chi connectivity index (χ2v) is 9.06. The van der Waals surface area contributed by atoms with Crippen LogP contribution in [-0.4, -0.2) is 68.2 Å². The fourth-order valence-corrected chi connectivity index (χ4v) is 4.65. The van der Waals surface area contributed by atoms with Crippen LogP contribution in [0.1, 0.15) is 29.4 Å². The summed E-state index contributed by atoms with van der Waals surface area (Å²) >= 11 is 0. The molecular formula is C25H27FN8O. The van der Waals surface area contributed by atoms with E-state index in [1.54, 1.807) is 34.8 Å². The van der Waals surface area contributed by atoms with E-state index >= 15 is 0 Å². The fraction of sp³-hybridized carbons (Fsp3) is 0.400. The number of aryl methyl sites for hydroxylation is 1. The predicted molar refractivity (Wildman–Crippen MR) is 128 cm³/mol. The molecule has 2 aliphatic rings. The minimum Gasteiger partial charge on any atom is -0.352 e. The van der Waals surface area contributed by atoms with Crippen molar-refractivity contribution in [3.8, 4) is 17.3 Å². The van der Waals surface area contributed by atoms with Crippen LogP contribution in [0.25, 0.3) is 11.3 Å². The summed E-state index contributed by atoms with van der Waals surface area (Å²) in [5, 5.41) is 13.3. The number of aromatic nitrogens is 4. The minimum absolute atomic E-state index is 0.0410. The van der Waals surface area contributed by atoms with E-state index in [0.717, 1.165) is 54.6 Å². The third kappa shape index (κ3) is 4.72. The lowest BCUT2D eigenvalue weighted by atomic mass is 10.1. The molecule has 3 aromatic rings. The molecule has 10 heteroatoms. The average Bonchev–Trinajstić information content (AvgIpc) is 3.30. The Morgan fingerprint density at radius 3 is 2.60 bits per heavy atom. The highest BCUT2D eigenvalue weighted by atomic mass is 19.1. The topological polar surface area (TPSA) is 94.2 Å². The maximum atomic E-state index is 14.4. The number of piperazine rings is 1. The molecule has 0 atom stereocenters. The summed E-state index contributed by atoms with van der Waals surface area (Å²) in [6.07, 6.45) is 4.39. The summed E-state index contributed by atoms with van der Waals surface area (Å²) in [6.45, 7) is 6.17. The summed E-state index contributed by atoms with van der Waals surface area (Å²) in [4.78, 5) is 28.2. The van der Waals surface area contributed by atoms with Crippen LogP contribution < -0.4 is 4.90 Å². The number of carbonyl (C=O) groups is 1. The third-order valence-electron chi connectivity index (χ3n) is 6.66. The van der Waals surface area contributed by atoms with Crippen molar-refractivity contribution >= 4 is 11.7 Å². The van der Waals surface area contributed by atoms with Crippen molar-refractivity contribution in [3.05, 3.63) is 58.9 Å². The van der Waals surface area contributed by atoms with E-state index in [2.05, 4.69) is 14.9 Å². The molecule has 9 nitrogen and oxygen atoms in total. The normalized spacial score (nSPS) is 16.2. The van der Waals surface area contributed by atoms with Gasteiger partial charge >= 0.3 is 0 Å². The first kappa shape index (κ1) is 22.9. The molecule has 1 amide bonds. The first-order valence-corrected chi connectivity index (χ1v) is 11.7. The van der Waals surface area contributed by atoms with Gasteiger partial charge in [0.1, 0.15) is 11.5 Å². The number of hydrogen-bond donors (Lipinski definition) is 0. The predicted octanol–water partition coefficient (Wildman–Crippen LogP) is 2.11. The van der Waals surface area contributed by atoms with Gasteiger partial charge in [-0.15, -0.1) is 0 Å². The fourth-order valence-electron chi connectivity index (χ4n) is 4.65. The maximum Gasteiger partial charge on any atom is 0.219 e. The molecule has 0 saturated carbocycles. The van der Waals surface area contributed by atoms with Gasteiger partial charge < -0.3 is 9.80 Å². The van der Waals surface area contributed by atoms with Gasteiger partial charge in [0.2, 0.25) is 5.91 Å². The third-order valence-corrected chi connectivity index (χ3v) is 6.66. The van der Waals surface area contributed by atoms with Crippen LogP contribution in [0.15, 0.2) is 30.6 Å². The van der Waals surface area contributed by atoms with Gasteiger partial charge in [-0.05, 0) is 12.1 Å². The minimum atomic E-state index is -0.342. The number of fused-ring (bicyclic) bond motifs is 1. The van der Waals surface area contributed by atoms with E-state index in [1.165, 1.54) is 6.07 Å². The van der Waals surface area contributed by atoms with Gasteiger partial charge in [-0.1, -0.05) is 6.07 Å². The van der Waals surface area contributed by atoms with Gasteiger partial charge in [0.15, 0.2) is 5.82 Å². The van der Waals surface area contributed by atoms with E-state index < -0.39 is 0 Å². The highest BCUT2D eigenvalue weighted by molar-refractivity contribution is 5.74. The average molecular weight is 475 g/mol. The first-order chi connectivity index (χ1) is 16.9. The molecule has 1 aromatic carbocycles. The van der Waals surface area contributed by atoms with Crippen molar-refractivity contribution in [2.75, 3.05) is 37.6 Å². The van der Waals surface area contributed by atoms with Crippen molar-refractivity contribution in [2.45, 2.75) is 26.4 Å². The lowest BCUT2D eigenvalue weighted by Gasteiger charge is -2.37. The van der Waals surface area contributed by atoms with Crippen molar-refractivity contribution < 1.29 is 9.18 Å². The Kier molecular flexibility index (Phi) is 6.17. The summed E-state index contributed by atoms with van der Waals surface area (Å²) in [5.74, 6) is 0.530. The van der Waals surface area contributed by atoms with Gasteiger partial charge in [0.05, 0.1) is 35.8 Å². The van der Waals surface area contributed by atoms with E-state index in [-0.39, 0.29) is 11.7 Å². The number of benzene rings is 1. The van der Waals surface area contributed by atoms with E-state index in [9.17, 15) is 9.18 Å². The lowest BCUT2D eigenvalue weighted by molar-refractivity contribution is -0.129. The van der Waals surface area contributed by atoms with Gasteiger partial charge in [0.25, 0.3) is 0 Å². The van der Waals surface area contributed by atoms with Crippen LogP contribution in [-0.2, 0) is 31.4 Å². The molecule has 0 aliphatic carbocycles. The zero-order chi connectivity index (χ0) is 24.5. The molecule has 0 unspecified atom stereocenters. The van der Waals surface area contributed by atoms with Crippen molar-refractivity contribution in [1.29, 1.82) is 5.26 Å². The van der Waals surface area contributed by atoms with E-state index in [0.29, 0.717) is 37.2 Å². The summed E-state index contributed by atoms with van der Waals surface area (Å²) in [6, 6.07) is 6.62. The van der Waals surface area contributed by atoms with Gasteiger partial charge in [-0.25, -0.2) is 14.4 Å². The van der Waals surface area contributed by atoms with Crippen LogP contribution in [0.4, 0.5) is 10.2 Å². The van der Waals surface area contributed by atoms with Crippen LogP contribution in [0.3, 0.4) is 0 Å². The zero-order valence-electron chi connectivity index (χ0n) is 19.9. The van der Waals surface area contributed by atoms with E-state index in [1.807, 2.05) is 19.3 Å². The molecule has 2 aliphatic heterocycles. The summed E-state index contributed by atoms with van der Waals surface area (Å²) < 4.78 is 16.1. The molecular weight excluding hydrogens is 447 g/mol. The Morgan fingerprint density at radius 1 is 1.14 bits per heavy atom. The number of amides is 1. The van der Waals surface area contributed by atoms with Crippen molar-refractivity contribution in [1.82, 2.24) is 29.5 Å². The maximum absolute atomic E-state index is 14.4. The molecule has 1 saturated heterocycles. The van der Waals surface area contributed by atoms with Gasteiger partial charge in [0, 0.05) is 77.0 Å². The number of halogens is 1. The largest absolute Gasteiger partial charge is 0.352 e. The zero-order valence-corrected chi connectivity index (χ0v) is 19.9. The second kappa shape index (κ2) is 9.43. The first-order valence-electron chi connectivity index (χ1n) is 11.7. The Hall–Kier alpha value is -3.84. The number of carbonyl (C=O) groups excluding carboxylic acids is 1. The summed E-state index contributed by atoms with van der Waals surface area (Å²) in [7, 11) is 1.87. The molecule has 2 aromatic heterocycles. The molecule has 1 fully saturated rings. The molecule has 35 heavy (non-hydrogen) atoms. The van der Waals surface area contributed by atoms with Crippen LogP contribution in [0, 0.1) is 17.1 Å². The Bertz CT molecular complexity index is 1310. The molecule has 4 heterocycles. The standard InChI is InChI=1S/C25H27FN8O/c1-17(35)34-6-5-22-23(16-34)29-24(20-13-28-31(2)14-20)25(30-22)33-9-7-32(8-10-33)15-19-4-3-18(12-27)11-21(19)26/h3-4,11,13-14H,5-10,15-16H2,1-2H3. The number of rotatable bonds is 4. The van der Waals surface area contributed by atoms with Crippen molar-refractivity contribution in [2.24, 2.45) is 7.05 Å². The van der Waals surface area contributed by atoms with E-state index in [4.69, 9.17) is 15.2 Å². The highest BCUT2D eigenvalue weighted by Gasteiger charge is 2.27. The Morgan fingerprint density at radius 2 is 1.94 bits per heavy atom. The highest BCUT2D eigenvalue weighted by Crippen LogP contribution is 2.31. The SMILES string of the molecule is CC(=O)N1CCc2nc(N3CCN(Cc4ccc(C#N)cc4F)CC3)c(-c3cnn(C)c3)nc2C1. The van der Waals surface area contributed by atoms with Crippen LogP contribution in [0.2, 0.25) is 0 Å². The number of nitriles is 1.